The number of carbonyl (C=O) groups is 1. The number of nitrogens with zero attached hydrogens (tertiary/aromatic N) is 1. The van der Waals surface area contributed by atoms with E-state index in [1.165, 1.54) is 38.6 Å². The van der Waals surface area contributed by atoms with Crippen LogP contribution in [0, 0.1) is 17.8 Å². The number of nitrogens with one attached hydrogen (secondary N) is 1. The van der Waals surface area contributed by atoms with E-state index in [1.54, 1.807) is 0 Å². The minimum absolute atomic E-state index is 0.0323. The maximum absolute atomic E-state index is 11.6. The van der Waals surface area contributed by atoms with Gasteiger partial charge in [0.25, 0.3) is 0 Å². The summed E-state index contributed by atoms with van der Waals surface area (Å²) in [6.45, 7) is 6.45. The van der Waals surface area contributed by atoms with Crippen LogP contribution in [0.15, 0.2) is 0 Å². The standard InChI is InChI=1S/C14H27N3O/c1-10(14(18)16-15)11(2)17-8-7-12-5-3-4-6-13(12)9-17/h10-13H,3-9,15H2,1-2H3,(H,16,18). The number of hydrogen-bond acceptors (Lipinski definition) is 3. The van der Waals surface area contributed by atoms with Gasteiger partial charge in [0.1, 0.15) is 0 Å². The molecular weight excluding hydrogens is 226 g/mol. The number of piperidine rings is 1. The van der Waals surface area contributed by atoms with Crippen molar-refractivity contribution in [3.05, 3.63) is 0 Å². The van der Waals surface area contributed by atoms with Crippen molar-refractivity contribution in [3.8, 4) is 0 Å². The molecule has 3 N–H and O–H groups in total. The zero-order chi connectivity index (χ0) is 13.1. The zero-order valence-corrected chi connectivity index (χ0v) is 11.7. The fraction of sp³-hybridized carbons (Fsp3) is 0.929. The van der Waals surface area contributed by atoms with Crippen LogP contribution in [0.3, 0.4) is 0 Å². The Kier molecular flexibility index (Phi) is 4.62. The van der Waals surface area contributed by atoms with Crippen molar-refractivity contribution in [2.75, 3.05) is 13.1 Å². The van der Waals surface area contributed by atoms with Gasteiger partial charge in [0, 0.05) is 12.6 Å². The maximum Gasteiger partial charge on any atom is 0.238 e. The Morgan fingerprint density at radius 2 is 1.89 bits per heavy atom. The summed E-state index contributed by atoms with van der Waals surface area (Å²) in [6, 6.07) is 0.288. The van der Waals surface area contributed by atoms with Crippen molar-refractivity contribution in [1.82, 2.24) is 10.3 Å². The summed E-state index contributed by atoms with van der Waals surface area (Å²) in [6.07, 6.45) is 6.92. The summed E-state index contributed by atoms with van der Waals surface area (Å²) in [5, 5.41) is 0. The minimum atomic E-state index is -0.0479. The Labute approximate surface area is 110 Å². The Morgan fingerprint density at radius 3 is 2.56 bits per heavy atom. The second kappa shape index (κ2) is 6.02. The van der Waals surface area contributed by atoms with Gasteiger partial charge in [-0.25, -0.2) is 5.84 Å². The third-order valence-electron chi connectivity index (χ3n) is 5.18. The highest BCUT2D eigenvalue weighted by molar-refractivity contribution is 5.78. The largest absolute Gasteiger partial charge is 0.300 e. The molecule has 2 fully saturated rings. The lowest BCUT2D eigenvalue weighted by molar-refractivity contribution is -0.127. The van der Waals surface area contributed by atoms with Crippen molar-refractivity contribution in [2.24, 2.45) is 23.6 Å². The van der Waals surface area contributed by atoms with Crippen LogP contribution in [0.1, 0.15) is 46.0 Å². The third kappa shape index (κ3) is 2.86. The SMILES string of the molecule is CC(C(=O)NN)C(C)N1CCC2CCCCC2C1. The Morgan fingerprint density at radius 1 is 1.22 bits per heavy atom. The molecule has 1 aliphatic heterocycles. The molecule has 1 saturated carbocycles. The molecule has 0 aromatic carbocycles. The first kappa shape index (κ1) is 13.8. The molecule has 104 valence electrons. The molecule has 2 aliphatic rings. The highest BCUT2D eigenvalue weighted by Crippen LogP contribution is 2.37. The summed E-state index contributed by atoms with van der Waals surface area (Å²) < 4.78 is 0. The molecule has 18 heavy (non-hydrogen) atoms. The van der Waals surface area contributed by atoms with Crippen LogP contribution in [0.4, 0.5) is 0 Å². The van der Waals surface area contributed by atoms with E-state index in [9.17, 15) is 4.79 Å². The van der Waals surface area contributed by atoms with E-state index in [4.69, 9.17) is 5.84 Å². The lowest BCUT2D eigenvalue weighted by atomic mass is 9.74. The van der Waals surface area contributed by atoms with Crippen molar-refractivity contribution in [2.45, 2.75) is 52.0 Å². The van der Waals surface area contributed by atoms with Gasteiger partial charge in [0.2, 0.25) is 5.91 Å². The topological polar surface area (TPSA) is 58.4 Å². The maximum atomic E-state index is 11.6. The first-order chi connectivity index (χ1) is 8.63. The minimum Gasteiger partial charge on any atom is -0.300 e. The Balaban J connectivity index is 1.91. The second-order valence-corrected chi connectivity index (χ2v) is 6.13. The van der Waals surface area contributed by atoms with Crippen LogP contribution in [0.5, 0.6) is 0 Å². The van der Waals surface area contributed by atoms with Crippen molar-refractivity contribution >= 4 is 5.91 Å². The van der Waals surface area contributed by atoms with Crippen molar-refractivity contribution < 1.29 is 4.79 Å². The number of hydrogen-bond donors (Lipinski definition) is 2. The fourth-order valence-corrected chi connectivity index (χ4v) is 3.67. The highest BCUT2D eigenvalue weighted by Gasteiger charge is 2.35. The lowest BCUT2D eigenvalue weighted by Crippen LogP contribution is -2.51. The normalized spacial score (nSPS) is 32.4. The number of carbonyl (C=O) groups excluding carboxylic acids is 1. The van der Waals surface area contributed by atoms with Crippen LogP contribution in [-0.2, 0) is 4.79 Å². The van der Waals surface area contributed by atoms with Gasteiger partial charge in [-0.05, 0) is 38.1 Å². The molecule has 0 aromatic heterocycles. The number of hydrazine groups is 1. The molecule has 1 amide bonds. The quantitative estimate of drug-likeness (QED) is 0.455. The molecule has 4 heteroatoms. The van der Waals surface area contributed by atoms with Gasteiger partial charge in [0.15, 0.2) is 0 Å². The van der Waals surface area contributed by atoms with Gasteiger partial charge in [-0.1, -0.05) is 26.2 Å². The summed E-state index contributed by atoms with van der Waals surface area (Å²) in [5.41, 5.74) is 2.28. The summed E-state index contributed by atoms with van der Waals surface area (Å²) >= 11 is 0. The van der Waals surface area contributed by atoms with E-state index < -0.39 is 0 Å². The van der Waals surface area contributed by atoms with Crippen LogP contribution < -0.4 is 11.3 Å². The van der Waals surface area contributed by atoms with Crippen LogP contribution >= 0.6 is 0 Å². The molecular formula is C14H27N3O. The average molecular weight is 253 g/mol. The molecule has 2 rings (SSSR count). The second-order valence-electron chi connectivity index (χ2n) is 6.13. The molecule has 4 nitrogen and oxygen atoms in total. The molecule has 1 heterocycles. The molecule has 1 aliphatic carbocycles. The van der Waals surface area contributed by atoms with E-state index in [2.05, 4.69) is 17.2 Å². The number of amides is 1. The monoisotopic (exact) mass is 253 g/mol. The van der Waals surface area contributed by atoms with E-state index in [0.717, 1.165) is 18.4 Å². The molecule has 0 spiro atoms. The smallest absolute Gasteiger partial charge is 0.238 e. The summed E-state index contributed by atoms with van der Waals surface area (Å²) in [5.74, 6) is 6.96. The first-order valence-corrected chi connectivity index (χ1v) is 7.38. The molecule has 1 saturated heterocycles. The zero-order valence-electron chi connectivity index (χ0n) is 11.7. The van der Waals surface area contributed by atoms with Crippen LogP contribution in [-0.4, -0.2) is 29.9 Å². The van der Waals surface area contributed by atoms with Crippen LogP contribution in [0.2, 0.25) is 0 Å². The third-order valence-corrected chi connectivity index (χ3v) is 5.18. The molecule has 0 bridgehead atoms. The van der Waals surface area contributed by atoms with Gasteiger partial charge >= 0.3 is 0 Å². The van der Waals surface area contributed by atoms with E-state index in [1.807, 2.05) is 6.92 Å². The van der Waals surface area contributed by atoms with Gasteiger partial charge in [-0.2, -0.15) is 0 Å². The van der Waals surface area contributed by atoms with Gasteiger partial charge in [-0.3, -0.25) is 15.1 Å². The van der Waals surface area contributed by atoms with E-state index in [0.29, 0.717) is 0 Å². The van der Waals surface area contributed by atoms with E-state index >= 15 is 0 Å². The number of fused-ring (bicyclic) bond motifs is 1. The van der Waals surface area contributed by atoms with Gasteiger partial charge < -0.3 is 0 Å². The van der Waals surface area contributed by atoms with Gasteiger partial charge in [-0.15, -0.1) is 0 Å². The predicted octanol–water partition coefficient (Wildman–Crippen LogP) is 1.51. The van der Waals surface area contributed by atoms with Crippen molar-refractivity contribution in [1.29, 1.82) is 0 Å². The predicted molar refractivity (Wildman–Crippen MR) is 72.6 cm³/mol. The Bertz CT molecular complexity index is 295. The van der Waals surface area contributed by atoms with E-state index in [-0.39, 0.29) is 17.9 Å². The molecule has 4 unspecified atom stereocenters. The number of likely N-dealkylation sites (tertiary alicyclic amines) is 1. The fourth-order valence-electron chi connectivity index (χ4n) is 3.67. The van der Waals surface area contributed by atoms with Crippen LogP contribution in [0.25, 0.3) is 0 Å². The Hall–Kier alpha value is -0.610. The molecule has 0 aromatic rings. The molecule has 4 atom stereocenters. The number of nitrogens with two attached hydrogens (primary N) is 1. The molecule has 0 radical (unpaired) electrons. The average Bonchev–Trinajstić information content (AvgIpc) is 2.44. The van der Waals surface area contributed by atoms with Gasteiger partial charge in [0.05, 0.1) is 5.92 Å². The number of rotatable bonds is 3. The summed E-state index contributed by atoms with van der Waals surface area (Å²) in [7, 11) is 0. The van der Waals surface area contributed by atoms with Crippen molar-refractivity contribution in [3.63, 3.8) is 0 Å². The highest BCUT2D eigenvalue weighted by atomic mass is 16.2. The first-order valence-electron chi connectivity index (χ1n) is 7.38. The summed E-state index contributed by atoms with van der Waals surface area (Å²) in [4.78, 5) is 14.1. The lowest BCUT2D eigenvalue weighted by Gasteiger charge is -2.44.